The predicted octanol–water partition coefficient (Wildman–Crippen LogP) is 1.95. The summed E-state index contributed by atoms with van der Waals surface area (Å²) in [5, 5.41) is 23.6. The molecule has 3 unspecified atom stereocenters. The van der Waals surface area contributed by atoms with Gasteiger partial charge in [0.05, 0.1) is 5.56 Å². The van der Waals surface area contributed by atoms with Crippen LogP contribution in [0, 0.1) is 11.3 Å². The van der Waals surface area contributed by atoms with Crippen LogP contribution in [-0.2, 0) is 10.3 Å². The Bertz CT molecular complexity index is 1300. The van der Waals surface area contributed by atoms with Crippen LogP contribution in [-0.4, -0.2) is 33.6 Å². The van der Waals surface area contributed by atoms with Gasteiger partial charge in [0.25, 0.3) is 11.7 Å². The zero-order valence-corrected chi connectivity index (χ0v) is 18.1. The monoisotopic (exact) mass is 442 g/mol. The van der Waals surface area contributed by atoms with E-state index in [1.54, 1.807) is 24.3 Å². The average molecular weight is 442 g/mol. The zero-order chi connectivity index (χ0) is 23.5. The number of aromatic nitrogens is 1. The van der Waals surface area contributed by atoms with Crippen molar-refractivity contribution in [3.63, 3.8) is 0 Å². The number of aliphatic hydroxyl groups is 1. The number of nitriles is 1. The number of fused-ring (bicyclic) bond motifs is 4. The van der Waals surface area contributed by atoms with Gasteiger partial charge in [-0.15, -0.1) is 0 Å². The lowest BCUT2D eigenvalue weighted by Gasteiger charge is -2.35. The van der Waals surface area contributed by atoms with Crippen molar-refractivity contribution in [2.75, 3.05) is 0 Å². The topological polar surface area (TPSA) is 138 Å². The summed E-state index contributed by atoms with van der Waals surface area (Å²) in [6, 6.07) is 9.51. The van der Waals surface area contributed by atoms with Gasteiger partial charge >= 0.3 is 0 Å². The largest absolute Gasteiger partial charge is 0.454 e. The molecule has 8 heteroatoms. The number of nitrogens with two attached hydrogens (primary N) is 1. The Morgan fingerprint density at radius 2 is 2.15 bits per heavy atom. The van der Waals surface area contributed by atoms with Crippen LogP contribution in [0.5, 0.6) is 5.75 Å². The molecule has 166 valence electrons. The van der Waals surface area contributed by atoms with E-state index in [4.69, 9.17) is 15.7 Å². The lowest BCUT2D eigenvalue weighted by Crippen LogP contribution is -2.63. The normalized spacial score (nSPS) is 27.0. The minimum atomic E-state index is -2.16. The highest BCUT2D eigenvalue weighted by atomic mass is 16.6. The van der Waals surface area contributed by atoms with Gasteiger partial charge in [-0.25, -0.2) is 4.98 Å². The van der Waals surface area contributed by atoms with Crippen LogP contribution in [0.15, 0.2) is 59.8 Å². The van der Waals surface area contributed by atoms with E-state index in [9.17, 15) is 14.7 Å². The second-order valence-electron chi connectivity index (χ2n) is 8.81. The van der Waals surface area contributed by atoms with Crippen LogP contribution in [0.1, 0.15) is 53.4 Å². The van der Waals surface area contributed by atoms with Gasteiger partial charge in [-0.05, 0) is 36.1 Å². The van der Waals surface area contributed by atoms with E-state index in [0.29, 0.717) is 23.3 Å². The maximum Gasteiger partial charge on any atom is 0.271 e. The minimum absolute atomic E-state index is 0.00418. The Hall–Kier alpha value is -3.80. The number of carbonyl (C=O) groups is 2. The second kappa shape index (κ2) is 7.10. The van der Waals surface area contributed by atoms with Gasteiger partial charge in [-0.3, -0.25) is 9.59 Å². The molecular weight excluding hydrogens is 420 g/mol. The first kappa shape index (κ1) is 21.1. The van der Waals surface area contributed by atoms with E-state index in [1.165, 1.54) is 18.3 Å². The number of ketones is 1. The van der Waals surface area contributed by atoms with Crippen LogP contribution in [0.4, 0.5) is 0 Å². The highest BCUT2D eigenvalue weighted by Crippen LogP contribution is 2.57. The molecule has 5 rings (SSSR count). The molecule has 33 heavy (non-hydrogen) atoms. The van der Waals surface area contributed by atoms with Crippen molar-refractivity contribution < 1.29 is 19.4 Å². The summed E-state index contributed by atoms with van der Waals surface area (Å²) in [7, 11) is 0. The summed E-state index contributed by atoms with van der Waals surface area (Å²) >= 11 is 0. The number of amides is 1. The average Bonchev–Trinajstić information content (AvgIpc) is 3.16. The molecule has 0 saturated carbocycles. The van der Waals surface area contributed by atoms with Crippen LogP contribution >= 0.6 is 0 Å². The Balaban J connectivity index is 1.67. The number of hydrogen-bond donors (Lipinski definition) is 3. The standard InChI is InChI=1S/C25H22N4O4/c1-13(2)15-7-8-16-20(10-15)33-25(32)17-4-3-5-18(27)21(17)22(30)24(16,25)29-23(31)19-9-6-14(11-26)12-28-19/h3-4,6-10,12-13,18,32H,5,27H2,1-2H3,(H,29,31). The maximum atomic E-state index is 13.9. The van der Waals surface area contributed by atoms with Crippen LogP contribution < -0.4 is 15.8 Å². The summed E-state index contributed by atoms with van der Waals surface area (Å²) in [6.45, 7) is 4.05. The van der Waals surface area contributed by atoms with E-state index < -0.39 is 29.1 Å². The SMILES string of the molecule is CC(C)c1ccc2c(c1)OC1(O)C3=C(C(=O)C21NC(=O)c1ccc(C#N)cn1)C(N)CC=C3. The van der Waals surface area contributed by atoms with Crippen molar-refractivity contribution in [2.24, 2.45) is 5.73 Å². The molecule has 0 spiro atoms. The van der Waals surface area contributed by atoms with Crippen LogP contribution in [0.25, 0.3) is 0 Å². The van der Waals surface area contributed by atoms with Gasteiger partial charge in [-0.1, -0.05) is 38.1 Å². The number of carbonyl (C=O) groups excluding carboxylic acids is 2. The molecule has 3 atom stereocenters. The molecule has 3 aliphatic rings. The maximum absolute atomic E-state index is 13.9. The van der Waals surface area contributed by atoms with Crippen LogP contribution in [0.3, 0.4) is 0 Å². The number of ether oxygens (including phenoxy) is 1. The highest BCUT2D eigenvalue weighted by molar-refractivity contribution is 6.13. The molecule has 0 saturated heterocycles. The highest BCUT2D eigenvalue weighted by Gasteiger charge is 2.72. The summed E-state index contributed by atoms with van der Waals surface area (Å²) in [4.78, 5) is 31.2. The molecule has 2 heterocycles. The molecule has 4 N–H and O–H groups in total. The fourth-order valence-corrected chi connectivity index (χ4v) is 4.81. The Kier molecular flexibility index (Phi) is 4.53. The van der Waals surface area contributed by atoms with Gasteiger partial charge in [0.2, 0.25) is 5.54 Å². The summed E-state index contributed by atoms with van der Waals surface area (Å²) in [6.07, 6.45) is 5.12. The summed E-state index contributed by atoms with van der Waals surface area (Å²) in [5.74, 6) is -2.84. The third kappa shape index (κ3) is 2.73. The third-order valence-electron chi connectivity index (χ3n) is 6.55. The van der Waals surface area contributed by atoms with Crippen molar-refractivity contribution in [1.29, 1.82) is 5.26 Å². The fourth-order valence-electron chi connectivity index (χ4n) is 4.81. The first-order valence-electron chi connectivity index (χ1n) is 10.7. The Morgan fingerprint density at radius 3 is 2.82 bits per heavy atom. The van der Waals surface area contributed by atoms with Gasteiger partial charge in [0.1, 0.15) is 17.5 Å². The molecule has 1 aliphatic heterocycles. The van der Waals surface area contributed by atoms with Gasteiger partial charge in [-0.2, -0.15) is 5.26 Å². The number of pyridine rings is 1. The number of Topliss-reactive ketones (excluding diaryl/α,β-unsaturated/α-hetero) is 1. The zero-order valence-electron chi connectivity index (χ0n) is 18.1. The molecule has 2 aliphatic carbocycles. The predicted molar refractivity (Wildman–Crippen MR) is 118 cm³/mol. The lowest BCUT2D eigenvalue weighted by molar-refractivity contribution is -0.154. The molecule has 1 aromatic carbocycles. The molecule has 0 bridgehead atoms. The van der Waals surface area contributed by atoms with Crippen LogP contribution in [0.2, 0.25) is 0 Å². The van der Waals surface area contributed by atoms with E-state index >= 15 is 0 Å². The van der Waals surface area contributed by atoms with E-state index in [-0.39, 0.29) is 22.8 Å². The number of nitrogens with zero attached hydrogens (tertiary/aromatic N) is 2. The second-order valence-corrected chi connectivity index (χ2v) is 8.81. The molecule has 0 radical (unpaired) electrons. The smallest absolute Gasteiger partial charge is 0.271 e. The molecular formula is C25H22N4O4. The number of benzene rings is 1. The number of rotatable bonds is 3. The quantitative estimate of drug-likeness (QED) is 0.660. The number of hydrogen-bond acceptors (Lipinski definition) is 7. The third-order valence-corrected chi connectivity index (χ3v) is 6.55. The van der Waals surface area contributed by atoms with Crippen molar-refractivity contribution in [1.82, 2.24) is 10.3 Å². The van der Waals surface area contributed by atoms with Gasteiger partial charge < -0.3 is 20.9 Å². The lowest BCUT2D eigenvalue weighted by atomic mass is 9.81. The molecule has 8 nitrogen and oxygen atoms in total. The molecule has 1 aromatic heterocycles. The van der Waals surface area contributed by atoms with Crippen molar-refractivity contribution >= 4 is 11.7 Å². The summed E-state index contributed by atoms with van der Waals surface area (Å²) < 4.78 is 6.07. The van der Waals surface area contributed by atoms with E-state index in [1.807, 2.05) is 26.0 Å². The number of nitrogens with one attached hydrogen (secondary N) is 1. The van der Waals surface area contributed by atoms with E-state index in [0.717, 1.165) is 5.56 Å². The fraction of sp³-hybridized carbons (Fsp3) is 0.280. The summed E-state index contributed by atoms with van der Waals surface area (Å²) in [5.41, 5.74) is 6.43. The molecule has 0 fully saturated rings. The Morgan fingerprint density at radius 1 is 1.36 bits per heavy atom. The molecule has 1 amide bonds. The Labute approximate surface area is 190 Å². The molecule has 2 aromatic rings. The van der Waals surface area contributed by atoms with Crippen molar-refractivity contribution in [3.05, 3.63) is 82.2 Å². The minimum Gasteiger partial charge on any atom is -0.454 e. The first-order valence-corrected chi connectivity index (χ1v) is 10.7. The van der Waals surface area contributed by atoms with Crippen molar-refractivity contribution in [3.8, 4) is 11.8 Å². The van der Waals surface area contributed by atoms with Crippen molar-refractivity contribution in [2.45, 2.75) is 43.6 Å². The first-order chi connectivity index (χ1) is 15.7. The van der Waals surface area contributed by atoms with E-state index in [2.05, 4.69) is 10.3 Å². The van der Waals surface area contributed by atoms with Gasteiger partial charge in [0, 0.05) is 28.9 Å². The van der Waals surface area contributed by atoms with Gasteiger partial charge in [0.15, 0.2) is 5.78 Å².